The summed E-state index contributed by atoms with van der Waals surface area (Å²) >= 11 is 2.39. The van der Waals surface area contributed by atoms with Crippen LogP contribution < -0.4 is 0 Å². The molecule has 58 valence electrons. The van der Waals surface area contributed by atoms with E-state index in [-0.39, 0.29) is 0 Å². The third-order valence-corrected chi connectivity index (χ3v) is 3.28. The summed E-state index contributed by atoms with van der Waals surface area (Å²) in [6.07, 6.45) is 3.88. The van der Waals surface area contributed by atoms with Crippen molar-refractivity contribution in [1.29, 1.82) is 0 Å². The molecule has 0 aromatic heterocycles. The zero-order valence-electron chi connectivity index (χ0n) is 5.98. The Morgan fingerprint density at radius 2 is 2.20 bits per heavy atom. The molecule has 2 saturated heterocycles. The quantitative estimate of drug-likeness (QED) is 0.480. The molecule has 10 heavy (non-hydrogen) atoms. The van der Waals surface area contributed by atoms with Crippen LogP contribution in [0, 0.1) is 0 Å². The number of halogens is 1. The first-order valence-electron chi connectivity index (χ1n) is 3.85. The van der Waals surface area contributed by atoms with Gasteiger partial charge in [-0.3, -0.25) is 0 Å². The molecular formula is C7H12INO. The molecule has 0 bridgehead atoms. The van der Waals surface area contributed by atoms with Gasteiger partial charge in [0.25, 0.3) is 0 Å². The largest absolute Gasteiger partial charge is 0.373 e. The van der Waals surface area contributed by atoms with Crippen LogP contribution in [0.15, 0.2) is 0 Å². The van der Waals surface area contributed by atoms with Crippen LogP contribution in [-0.2, 0) is 4.74 Å². The molecule has 1 unspecified atom stereocenters. The van der Waals surface area contributed by atoms with E-state index in [2.05, 4.69) is 26.0 Å². The van der Waals surface area contributed by atoms with Crippen molar-refractivity contribution in [1.82, 2.24) is 3.11 Å². The highest BCUT2D eigenvalue weighted by Gasteiger charge is 2.41. The highest BCUT2D eigenvalue weighted by Crippen LogP contribution is 2.36. The van der Waals surface area contributed by atoms with E-state index in [0.717, 1.165) is 13.2 Å². The standard InChI is InChI=1S/C7H12INO/c8-9-4-1-2-7(6-9)3-5-10-7/h1-6H2. The molecule has 1 atom stereocenters. The van der Waals surface area contributed by atoms with Crippen molar-refractivity contribution in [2.45, 2.75) is 24.9 Å². The Bertz CT molecular complexity index is 136. The minimum atomic E-state index is 0.291. The Kier molecular flexibility index (Phi) is 1.90. The maximum absolute atomic E-state index is 5.58. The Labute approximate surface area is 75.4 Å². The number of hydrogen-bond donors (Lipinski definition) is 0. The summed E-state index contributed by atoms with van der Waals surface area (Å²) in [7, 11) is 0. The van der Waals surface area contributed by atoms with Gasteiger partial charge in [0.05, 0.1) is 12.2 Å². The van der Waals surface area contributed by atoms with E-state index in [9.17, 15) is 0 Å². The van der Waals surface area contributed by atoms with Gasteiger partial charge in [0.1, 0.15) is 0 Å². The van der Waals surface area contributed by atoms with Gasteiger partial charge < -0.3 is 4.74 Å². The first kappa shape index (κ1) is 7.31. The van der Waals surface area contributed by atoms with E-state index >= 15 is 0 Å². The fraction of sp³-hybridized carbons (Fsp3) is 1.00. The van der Waals surface area contributed by atoms with Gasteiger partial charge in [0, 0.05) is 42.4 Å². The van der Waals surface area contributed by atoms with Gasteiger partial charge in [0.15, 0.2) is 0 Å². The number of ether oxygens (including phenoxy) is 1. The fourth-order valence-electron chi connectivity index (χ4n) is 1.76. The summed E-state index contributed by atoms with van der Waals surface area (Å²) in [6.45, 7) is 3.38. The molecule has 0 N–H and O–H groups in total. The van der Waals surface area contributed by atoms with Gasteiger partial charge in [-0.25, -0.2) is 3.11 Å². The number of nitrogens with zero attached hydrogens (tertiary/aromatic N) is 1. The molecule has 2 heterocycles. The monoisotopic (exact) mass is 253 g/mol. The van der Waals surface area contributed by atoms with E-state index in [1.54, 1.807) is 0 Å². The van der Waals surface area contributed by atoms with Crippen LogP contribution in [0.2, 0.25) is 0 Å². The number of hydrogen-bond acceptors (Lipinski definition) is 2. The van der Waals surface area contributed by atoms with E-state index in [1.807, 2.05) is 0 Å². The summed E-state index contributed by atoms with van der Waals surface area (Å²) < 4.78 is 7.93. The molecule has 0 radical (unpaired) electrons. The third-order valence-electron chi connectivity index (χ3n) is 2.46. The first-order valence-corrected chi connectivity index (χ1v) is 4.82. The lowest BCUT2D eigenvalue weighted by Crippen LogP contribution is -2.53. The summed E-state index contributed by atoms with van der Waals surface area (Å²) in [5.74, 6) is 0. The Morgan fingerprint density at radius 3 is 2.60 bits per heavy atom. The molecule has 3 heteroatoms. The van der Waals surface area contributed by atoms with Crippen molar-refractivity contribution in [2.75, 3.05) is 19.7 Å². The molecule has 1 spiro atoms. The van der Waals surface area contributed by atoms with Crippen LogP contribution in [0.5, 0.6) is 0 Å². The van der Waals surface area contributed by atoms with Crippen LogP contribution in [0.3, 0.4) is 0 Å². The molecule has 0 aromatic carbocycles. The predicted molar refractivity (Wildman–Crippen MR) is 48.1 cm³/mol. The molecule has 0 aromatic rings. The number of piperidine rings is 1. The molecule has 2 nitrogen and oxygen atoms in total. The van der Waals surface area contributed by atoms with E-state index in [1.165, 1.54) is 25.8 Å². The van der Waals surface area contributed by atoms with Crippen molar-refractivity contribution >= 4 is 22.9 Å². The molecule has 0 saturated carbocycles. The van der Waals surface area contributed by atoms with Gasteiger partial charge in [-0.1, -0.05) is 0 Å². The highest BCUT2D eigenvalue weighted by molar-refractivity contribution is 14.1. The zero-order valence-corrected chi connectivity index (χ0v) is 8.13. The highest BCUT2D eigenvalue weighted by atomic mass is 127. The summed E-state index contributed by atoms with van der Waals surface area (Å²) in [6, 6.07) is 0. The minimum Gasteiger partial charge on any atom is -0.373 e. The van der Waals surface area contributed by atoms with Crippen LogP contribution in [0.1, 0.15) is 19.3 Å². The second-order valence-corrected chi connectivity index (χ2v) is 4.59. The van der Waals surface area contributed by atoms with Crippen molar-refractivity contribution in [3.8, 4) is 0 Å². The van der Waals surface area contributed by atoms with Crippen molar-refractivity contribution in [2.24, 2.45) is 0 Å². The molecule has 0 amide bonds. The average molecular weight is 253 g/mol. The van der Waals surface area contributed by atoms with Gasteiger partial charge in [-0.05, 0) is 12.8 Å². The van der Waals surface area contributed by atoms with Gasteiger partial charge in [-0.2, -0.15) is 0 Å². The maximum Gasteiger partial charge on any atom is 0.0839 e. The lowest BCUT2D eigenvalue weighted by atomic mass is 9.87. The topological polar surface area (TPSA) is 12.5 Å². The fourth-order valence-corrected chi connectivity index (χ4v) is 2.72. The molecule has 0 aliphatic carbocycles. The van der Waals surface area contributed by atoms with Crippen molar-refractivity contribution < 1.29 is 4.74 Å². The third kappa shape index (κ3) is 1.19. The molecule has 2 aliphatic rings. The lowest BCUT2D eigenvalue weighted by Gasteiger charge is -2.46. The SMILES string of the molecule is IN1CCCC2(CCO2)C1. The second-order valence-electron chi connectivity index (χ2n) is 3.23. The molecule has 2 fully saturated rings. The van der Waals surface area contributed by atoms with Gasteiger partial charge in [-0.15, -0.1) is 0 Å². The van der Waals surface area contributed by atoms with Crippen LogP contribution in [-0.4, -0.2) is 28.4 Å². The van der Waals surface area contributed by atoms with E-state index in [0.29, 0.717) is 5.60 Å². The first-order chi connectivity index (χ1) is 4.81. The minimum absolute atomic E-state index is 0.291. The zero-order chi connectivity index (χ0) is 7.03. The van der Waals surface area contributed by atoms with E-state index in [4.69, 9.17) is 4.74 Å². The van der Waals surface area contributed by atoms with Crippen LogP contribution in [0.25, 0.3) is 0 Å². The summed E-state index contributed by atoms with van der Waals surface area (Å²) in [5.41, 5.74) is 0.291. The average Bonchev–Trinajstić information content (AvgIpc) is 1.85. The molecule has 2 rings (SSSR count). The second kappa shape index (κ2) is 2.60. The molecule has 2 aliphatic heterocycles. The number of rotatable bonds is 0. The van der Waals surface area contributed by atoms with Crippen LogP contribution in [0.4, 0.5) is 0 Å². The Morgan fingerprint density at radius 1 is 1.40 bits per heavy atom. The smallest absolute Gasteiger partial charge is 0.0839 e. The normalized spacial score (nSPS) is 41.7. The Hall–Kier alpha value is 0.650. The van der Waals surface area contributed by atoms with Crippen molar-refractivity contribution in [3.05, 3.63) is 0 Å². The van der Waals surface area contributed by atoms with Gasteiger partial charge in [0.2, 0.25) is 0 Å². The molecular weight excluding hydrogens is 241 g/mol. The Balaban J connectivity index is 1.96. The lowest BCUT2D eigenvalue weighted by molar-refractivity contribution is -0.164. The van der Waals surface area contributed by atoms with E-state index < -0.39 is 0 Å². The summed E-state index contributed by atoms with van der Waals surface area (Å²) in [4.78, 5) is 0. The van der Waals surface area contributed by atoms with Crippen LogP contribution >= 0.6 is 22.9 Å². The van der Waals surface area contributed by atoms with Gasteiger partial charge >= 0.3 is 0 Å². The maximum atomic E-state index is 5.58. The predicted octanol–water partition coefficient (Wildman–Crippen LogP) is 1.59. The summed E-state index contributed by atoms with van der Waals surface area (Å²) in [5, 5.41) is 0. The van der Waals surface area contributed by atoms with Crippen molar-refractivity contribution in [3.63, 3.8) is 0 Å².